The zero-order valence-corrected chi connectivity index (χ0v) is 12.8. The van der Waals surface area contributed by atoms with Gasteiger partial charge < -0.3 is 15.0 Å². The minimum Gasteiger partial charge on any atom is -0.488 e. The van der Waals surface area contributed by atoms with Gasteiger partial charge >= 0.3 is 0 Å². The molecule has 1 aromatic rings. The highest BCUT2D eigenvalue weighted by Gasteiger charge is 2.23. The fourth-order valence-corrected chi connectivity index (χ4v) is 3.31. The summed E-state index contributed by atoms with van der Waals surface area (Å²) in [6.45, 7) is 4.51. The van der Waals surface area contributed by atoms with E-state index >= 15 is 0 Å². The topological polar surface area (TPSA) is 24.5 Å². The molecular weight excluding hydrogens is 272 g/mol. The number of piperidine rings is 1. The molecule has 20 heavy (non-hydrogen) atoms. The van der Waals surface area contributed by atoms with Gasteiger partial charge in [-0.2, -0.15) is 0 Å². The van der Waals surface area contributed by atoms with Crippen LogP contribution in [0, 0.1) is 5.92 Å². The van der Waals surface area contributed by atoms with Crippen molar-refractivity contribution in [3.8, 4) is 5.75 Å². The van der Waals surface area contributed by atoms with Crippen molar-refractivity contribution in [1.82, 2.24) is 10.2 Å². The molecule has 1 unspecified atom stereocenters. The van der Waals surface area contributed by atoms with E-state index in [0.29, 0.717) is 0 Å². The van der Waals surface area contributed by atoms with E-state index in [0.717, 1.165) is 36.2 Å². The molecule has 1 fully saturated rings. The average molecular weight is 295 g/mol. The smallest absolute Gasteiger partial charge is 0.123 e. The van der Waals surface area contributed by atoms with Crippen molar-refractivity contribution in [3.63, 3.8) is 0 Å². The fourth-order valence-electron chi connectivity index (χ4n) is 3.12. The highest BCUT2D eigenvalue weighted by atomic mass is 35.5. The molecule has 0 saturated carbocycles. The van der Waals surface area contributed by atoms with Crippen molar-refractivity contribution in [2.75, 3.05) is 33.2 Å². The standard InChI is InChI=1S/C16H23ClN2O/c1-19-6-4-12(5-7-19)10-18-11-15-9-13-8-14(17)2-3-16(13)20-15/h2-3,8,12,15,18H,4-7,9-11H2,1H3. The van der Waals surface area contributed by atoms with Crippen LogP contribution in [-0.4, -0.2) is 44.2 Å². The molecule has 1 N–H and O–H groups in total. The van der Waals surface area contributed by atoms with Crippen LogP contribution in [0.4, 0.5) is 0 Å². The number of hydrogen-bond donors (Lipinski definition) is 1. The van der Waals surface area contributed by atoms with Crippen molar-refractivity contribution in [1.29, 1.82) is 0 Å². The van der Waals surface area contributed by atoms with Gasteiger partial charge in [0.05, 0.1) is 0 Å². The Morgan fingerprint density at radius 1 is 1.30 bits per heavy atom. The second-order valence-electron chi connectivity index (χ2n) is 6.10. The Bertz CT molecular complexity index is 458. The van der Waals surface area contributed by atoms with Gasteiger partial charge in [0.25, 0.3) is 0 Å². The zero-order chi connectivity index (χ0) is 13.9. The lowest BCUT2D eigenvalue weighted by atomic mass is 9.97. The number of fused-ring (bicyclic) bond motifs is 1. The predicted molar refractivity (Wildman–Crippen MR) is 82.7 cm³/mol. The summed E-state index contributed by atoms with van der Waals surface area (Å²) in [5.41, 5.74) is 1.24. The zero-order valence-electron chi connectivity index (χ0n) is 12.1. The Labute approximate surface area is 126 Å². The molecule has 3 nitrogen and oxygen atoms in total. The molecular formula is C16H23ClN2O. The first kappa shape index (κ1) is 14.2. The highest BCUT2D eigenvalue weighted by Crippen LogP contribution is 2.30. The molecule has 3 rings (SSSR count). The number of hydrogen-bond acceptors (Lipinski definition) is 3. The van der Waals surface area contributed by atoms with Crippen LogP contribution in [0.5, 0.6) is 5.75 Å². The Kier molecular flexibility index (Phi) is 4.49. The van der Waals surface area contributed by atoms with Crippen molar-refractivity contribution in [2.45, 2.75) is 25.4 Å². The van der Waals surface area contributed by atoms with E-state index in [1.54, 1.807) is 0 Å². The average Bonchev–Trinajstić information content (AvgIpc) is 2.83. The van der Waals surface area contributed by atoms with E-state index in [9.17, 15) is 0 Å². The van der Waals surface area contributed by atoms with Gasteiger partial charge in [-0.15, -0.1) is 0 Å². The summed E-state index contributed by atoms with van der Waals surface area (Å²) >= 11 is 6.01. The number of benzene rings is 1. The number of nitrogens with one attached hydrogen (secondary N) is 1. The van der Waals surface area contributed by atoms with Crippen LogP contribution in [0.2, 0.25) is 5.02 Å². The molecule has 2 aliphatic heterocycles. The molecule has 1 atom stereocenters. The van der Waals surface area contributed by atoms with Gasteiger partial charge in [-0.05, 0) is 69.2 Å². The van der Waals surface area contributed by atoms with E-state index in [4.69, 9.17) is 16.3 Å². The molecule has 0 spiro atoms. The number of rotatable bonds is 4. The highest BCUT2D eigenvalue weighted by molar-refractivity contribution is 6.30. The van der Waals surface area contributed by atoms with Crippen LogP contribution >= 0.6 is 11.6 Å². The maximum Gasteiger partial charge on any atom is 0.123 e. The number of likely N-dealkylation sites (tertiary alicyclic amines) is 1. The van der Waals surface area contributed by atoms with Crippen molar-refractivity contribution >= 4 is 11.6 Å². The summed E-state index contributed by atoms with van der Waals surface area (Å²) < 4.78 is 5.94. The third kappa shape index (κ3) is 3.46. The fraction of sp³-hybridized carbons (Fsp3) is 0.625. The van der Waals surface area contributed by atoms with Gasteiger partial charge in [0, 0.05) is 18.0 Å². The number of halogens is 1. The maximum atomic E-state index is 6.01. The Morgan fingerprint density at radius 2 is 2.10 bits per heavy atom. The van der Waals surface area contributed by atoms with E-state index in [1.807, 2.05) is 18.2 Å². The molecule has 1 aromatic carbocycles. The normalized spacial score (nSPS) is 23.6. The molecule has 2 aliphatic rings. The van der Waals surface area contributed by atoms with Gasteiger partial charge in [0.2, 0.25) is 0 Å². The van der Waals surface area contributed by atoms with E-state index in [-0.39, 0.29) is 6.10 Å². The van der Waals surface area contributed by atoms with Gasteiger partial charge in [-0.3, -0.25) is 0 Å². The van der Waals surface area contributed by atoms with Crippen LogP contribution in [0.1, 0.15) is 18.4 Å². The first-order valence-electron chi connectivity index (χ1n) is 7.55. The minimum absolute atomic E-state index is 0.259. The third-order valence-electron chi connectivity index (χ3n) is 4.41. The SMILES string of the molecule is CN1CCC(CNCC2Cc3cc(Cl)ccc3O2)CC1. The lowest BCUT2D eigenvalue weighted by Crippen LogP contribution is -2.38. The molecule has 0 amide bonds. The van der Waals surface area contributed by atoms with Crippen LogP contribution in [0.3, 0.4) is 0 Å². The van der Waals surface area contributed by atoms with Crippen molar-refractivity contribution < 1.29 is 4.74 Å². The van der Waals surface area contributed by atoms with Crippen LogP contribution in [-0.2, 0) is 6.42 Å². The van der Waals surface area contributed by atoms with E-state index in [1.165, 1.54) is 31.5 Å². The summed E-state index contributed by atoms with van der Waals surface area (Å²) in [5.74, 6) is 1.82. The third-order valence-corrected chi connectivity index (χ3v) is 4.64. The second kappa shape index (κ2) is 6.33. The Hall–Kier alpha value is -0.770. The minimum atomic E-state index is 0.259. The first-order valence-corrected chi connectivity index (χ1v) is 7.93. The lowest BCUT2D eigenvalue weighted by Gasteiger charge is -2.29. The van der Waals surface area contributed by atoms with Crippen LogP contribution in [0.25, 0.3) is 0 Å². The molecule has 110 valence electrons. The van der Waals surface area contributed by atoms with Gasteiger partial charge in [-0.25, -0.2) is 0 Å². The Morgan fingerprint density at radius 3 is 2.90 bits per heavy atom. The summed E-state index contributed by atoms with van der Waals surface area (Å²) in [7, 11) is 2.21. The summed E-state index contributed by atoms with van der Waals surface area (Å²) in [6, 6.07) is 5.90. The molecule has 2 heterocycles. The van der Waals surface area contributed by atoms with Crippen molar-refractivity contribution in [3.05, 3.63) is 28.8 Å². The van der Waals surface area contributed by atoms with Crippen molar-refractivity contribution in [2.24, 2.45) is 5.92 Å². The first-order chi connectivity index (χ1) is 9.70. The van der Waals surface area contributed by atoms with E-state index < -0.39 is 0 Å². The Balaban J connectivity index is 1.40. The number of ether oxygens (including phenoxy) is 1. The van der Waals surface area contributed by atoms with E-state index in [2.05, 4.69) is 17.3 Å². The lowest BCUT2D eigenvalue weighted by molar-refractivity contribution is 0.199. The summed E-state index contributed by atoms with van der Waals surface area (Å²) in [4.78, 5) is 2.41. The molecule has 0 aliphatic carbocycles. The van der Waals surface area contributed by atoms with Gasteiger partial charge in [0.1, 0.15) is 11.9 Å². The van der Waals surface area contributed by atoms with Gasteiger partial charge in [0.15, 0.2) is 0 Å². The quantitative estimate of drug-likeness (QED) is 0.924. The second-order valence-corrected chi connectivity index (χ2v) is 6.54. The molecule has 4 heteroatoms. The van der Waals surface area contributed by atoms with Gasteiger partial charge in [-0.1, -0.05) is 11.6 Å². The largest absolute Gasteiger partial charge is 0.488 e. The van der Waals surface area contributed by atoms with Crippen LogP contribution < -0.4 is 10.1 Å². The maximum absolute atomic E-state index is 6.01. The molecule has 0 bridgehead atoms. The molecule has 0 aromatic heterocycles. The number of nitrogens with zero attached hydrogens (tertiary/aromatic N) is 1. The predicted octanol–water partition coefficient (Wildman–Crippen LogP) is 2.57. The van der Waals surface area contributed by atoms with Crippen LogP contribution in [0.15, 0.2) is 18.2 Å². The summed E-state index contributed by atoms with van der Waals surface area (Å²) in [6.07, 6.45) is 3.85. The summed E-state index contributed by atoms with van der Waals surface area (Å²) in [5, 5.41) is 4.38. The molecule has 1 saturated heterocycles. The monoisotopic (exact) mass is 294 g/mol. The molecule has 0 radical (unpaired) electrons.